The molecule has 11 heteroatoms. The number of nitro benzene ring substituents is 1. The molecule has 40 heavy (non-hydrogen) atoms. The van der Waals surface area contributed by atoms with Crippen molar-refractivity contribution in [2.24, 2.45) is 0 Å². The fourth-order valence-electron chi connectivity index (χ4n) is 4.51. The van der Waals surface area contributed by atoms with E-state index in [4.69, 9.17) is 4.74 Å². The lowest BCUT2D eigenvalue weighted by molar-refractivity contribution is -0.384. The average molecular weight is 559 g/mol. The fraction of sp³-hybridized carbons (Fsp3) is 0.138. The molecule has 0 radical (unpaired) electrons. The van der Waals surface area contributed by atoms with Crippen molar-refractivity contribution >= 4 is 34.9 Å². The molecule has 0 fully saturated rings. The van der Waals surface area contributed by atoms with Crippen molar-refractivity contribution < 1.29 is 18.8 Å². The van der Waals surface area contributed by atoms with Gasteiger partial charge in [0, 0.05) is 17.9 Å². The monoisotopic (exact) mass is 558 g/mol. The van der Waals surface area contributed by atoms with Crippen LogP contribution in [0.15, 0.2) is 94.4 Å². The highest BCUT2D eigenvalue weighted by Gasteiger charge is 2.38. The lowest BCUT2D eigenvalue weighted by Crippen LogP contribution is -2.31. The molecule has 0 aliphatic carbocycles. The fourth-order valence-corrected chi connectivity index (χ4v) is 5.33. The van der Waals surface area contributed by atoms with Crippen molar-refractivity contribution in [3.8, 4) is 0 Å². The highest BCUT2D eigenvalue weighted by Crippen LogP contribution is 2.43. The highest BCUT2D eigenvalue weighted by atomic mass is 32.2. The second-order valence-corrected chi connectivity index (χ2v) is 9.80. The van der Waals surface area contributed by atoms with Gasteiger partial charge in [-0.05, 0) is 35.7 Å². The molecule has 9 nitrogen and oxygen atoms in total. The van der Waals surface area contributed by atoms with Crippen LogP contribution in [-0.2, 0) is 15.3 Å². The Kier molecular flexibility index (Phi) is 7.74. The number of rotatable bonds is 8. The van der Waals surface area contributed by atoms with Crippen molar-refractivity contribution in [1.29, 1.82) is 0 Å². The van der Waals surface area contributed by atoms with E-state index in [0.29, 0.717) is 27.7 Å². The summed E-state index contributed by atoms with van der Waals surface area (Å²) in [5.41, 5.74) is 2.10. The van der Waals surface area contributed by atoms with E-state index in [1.807, 2.05) is 30.3 Å². The second-order valence-electron chi connectivity index (χ2n) is 8.83. The molecular weight excluding hydrogens is 535 g/mol. The third kappa shape index (κ3) is 5.50. The van der Waals surface area contributed by atoms with Crippen molar-refractivity contribution in [2.45, 2.75) is 23.8 Å². The summed E-state index contributed by atoms with van der Waals surface area (Å²) < 4.78 is 19.8. The molecule has 0 spiro atoms. The van der Waals surface area contributed by atoms with Crippen LogP contribution in [0.1, 0.15) is 35.1 Å². The normalized spacial score (nSPS) is 14.3. The first-order valence-electron chi connectivity index (χ1n) is 12.3. The Morgan fingerprint density at radius 1 is 1.10 bits per heavy atom. The Balaban J connectivity index is 1.61. The van der Waals surface area contributed by atoms with Gasteiger partial charge in [-0.15, -0.1) is 0 Å². The molecule has 0 saturated carbocycles. The topological polar surface area (TPSA) is 127 Å². The number of ether oxygens (including phenoxy) is 1. The van der Waals surface area contributed by atoms with Gasteiger partial charge in [0.05, 0.1) is 34.3 Å². The number of aromatic amines is 1. The number of nitrogens with zero attached hydrogens (tertiary/aromatic N) is 2. The maximum Gasteiger partial charge on any atom is 0.337 e. The number of esters is 1. The van der Waals surface area contributed by atoms with E-state index < -0.39 is 28.2 Å². The third-order valence-electron chi connectivity index (χ3n) is 6.29. The third-order valence-corrected chi connectivity index (χ3v) is 7.23. The quantitative estimate of drug-likeness (QED) is 0.0935. The number of benzene rings is 3. The Morgan fingerprint density at radius 3 is 2.52 bits per heavy atom. The van der Waals surface area contributed by atoms with Gasteiger partial charge >= 0.3 is 5.97 Å². The summed E-state index contributed by atoms with van der Waals surface area (Å²) in [6.45, 7) is 1.80. The zero-order valence-corrected chi connectivity index (χ0v) is 22.0. The van der Waals surface area contributed by atoms with Crippen LogP contribution in [0, 0.1) is 15.9 Å². The number of carbonyl (C=O) groups is 1. The Labute approximate surface area is 232 Å². The average Bonchev–Trinajstić information content (AvgIpc) is 2.96. The molecule has 1 aromatic heterocycles. The molecule has 3 aromatic carbocycles. The van der Waals surface area contributed by atoms with Gasteiger partial charge in [0.25, 0.3) is 11.2 Å². The Bertz CT molecular complexity index is 1670. The maximum absolute atomic E-state index is 14.4. The Hall–Kier alpha value is -4.77. The first-order valence-corrected chi connectivity index (χ1v) is 13.3. The SMILES string of the molecule is CCOC(=O)C1=C(c2ccccc2)Nc2nc(SCc3ccc([N+](=O)[O-])cc3)[nH]c(=O)c2C1c1cccc(F)c1. The zero-order valence-electron chi connectivity index (χ0n) is 21.2. The van der Waals surface area contributed by atoms with Crippen LogP contribution in [0.3, 0.4) is 0 Å². The lowest BCUT2D eigenvalue weighted by atomic mass is 9.81. The van der Waals surface area contributed by atoms with Crippen LogP contribution in [0.2, 0.25) is 0 Å². The molecule has 2 heterocycles. The first-order chi connectivity index (χ1) is 19.4. The number of H-pyrrole nitrogens is 1. The summed E-state index contributed by atoms with van der Waals surface area (Å²) in [5.74, 6) is -1.48. The molecule has 2 N–H and O–H groups in total. The molecule has 5 rings (SSSR count). The van der Waals surface area contributed by atoms with Gasteiger partial charge in [-0.1, -0.05) is 66.4 Å². The number of nitrogens with one attached hydrogen (secondary N) is 2. The van der Waals surface area contributed by atoms with E-state index in [0.717, 1.165) is 5.56 Å². The summed E-state index contributed by atoms with van der Waals surface area (Å²) in [5, 5.41) is 14.4. The van der Waals surface area contributed by atoms with Gasteiger partial charge in [-0.25, -0.2) is 14.2 Å². The minimum Gasteiger partial charge on any atom is -0.463 e. The van der Waals surface area contributed by atoms with Crippen molar-refractivity contribution in [3.63, 3.8) is 0 Å². The van der Waals surface area contributed by atoms with Crippen LogP contribution in [0.25, 0.3) is 5.70 Å². The molecule has 202 valence electrons. The van der Waals surface area contributed by atoms with Crippen LogP contribution in [0.4, 0.5) is 15.9 Å². The highest BCUT2D eigenvalue weighted by molar-refractivity contribution is 7.98. The zero-order chi connectivity index (χ0) is 28.2. The van der Waals surface area contributed by atoms with Gasteiger partial charge in [0.2, 0.25) is 0 Å². The van der Waals surface area contributed by atoms with Gasteiger partial charge in [-0.3, -0.25) is 14.9 Å². The van der Waals surface area contributed by atoms with Crippen molar-refractivity contribution in [2.75, 3.05) is 11.9 Å². The molecule has 1 atom stereocenters. The standard InChI is InChI=1S/C29H23FN4O5S/c1-2-39-28(36)23-22(19-9-6-10-20(30)15-19)24-26(31-25(23)18-7-4-3-5-8-18)32-29(33-27(24)35)40-16-17-11-13-21(14-12-17)34(37)38/h3-15,22H,2,16H2,1H3,(H2,31,32,33,35). The molecule has 1 aliphatic rings. The van der Waals surface area contributed by atoms with Crippen LogP contribution < -0.4 is 10.9 Å². The smallest absolute Gasteiger partial charge is 0.337 e. The van der Waals surface area contributed by atoms with E-state index >= 15 is 0 Å². The lowest BCUT2D eigenvalue weighted by Gasteiger charge is -2.30. The molecule has 4 aromatic rings. The van der Waals surface area contributed by atoms with Crippen LogP contribution >= 0.6 is 11.8 Å². The summed E-state index contributed by atoms with van der Waals surface area (Å²) in [6, 6.07) is 21.0. The minimum absolute atomic E-state index is 0.0146. The van der Waals surface area contributed by atoms with Crippen molar-refractivity contribution in [1.82, 2.24) is 9.97 Å². The Morgan fingerprint density at radius 2 is 1.85 bits per heavy atom. The van der Waals surface area contributed by atoms with Crippen LogP contribution in [0.5, 0.6) is 0 Å². The predicted octanol–water partition coefficient (Wildman–Crippen LogP) is 5.64. The number of carbonyl (C=O) groups excluding carboxylic acids is 1. The van der Waals surface area contributed by atoms with Gasteiger partial charge < -0.3 is 15.0 Å². The maximum atomic E-state index is 14.4. The summed E-state index contributed by atoms with van der Waals surface area (Å²) in [4.78, 5) is 44.8. The van der Waals surface area contributed by atoms with Gasteiger partial charge in [0.1, 0.15) is 11.6 Å². The number of hydrogen-bond acceptors (Lipinski definition) is 8. The summed E-state index contributed by atoms with van der Waals surface area (Å²) in [6.07, 6.45) is 0. The van der Waals surface area contributed by atoms with Crippen LogP contribution in [-0.4, -0.2) is 27.5 Å². The number of non-ortho nitro benzene ring substituents is 1. The number of aromatic nitrogens is 2. The molecular formula is C29H23FN4O5S. The molecule has 1 aliphatic heterocycles. The number of hydrogen-bond donors (Lipinski definition) is 2. The minimum atomic E-state index is -0.953. The number of anilines is 1. The predicted molar refractivity (Wildman–Crippen MR) is 149 cm³/mol. The first kappa shape index (κ1) is 26.8. The van der Waals surface area contributed by atoms with Gasteiger partial charge in [0.15, 0.2) is 5.16 Å². The number of thioether (sulfide) groups is 1. The second kappa shape index (κ2) is 11.5. The molecule has 0 amide bonds. The number of fused-ring (bicyclic) bond motifs is 1. The molecule has 0 bridgehead atoms. The van der Waals surface area contributed by atoms with E-state index in [9.17, 15) is 24.1 Å². The number of nitro groups is 1. The molecule has 0 saturated heterocycles. The van der Waals surface area contributed by atoms with E-state index in [2.05, 4.69) is 15.3 Å². The van der Waals surface area contributed by atoms with E-state index in [1.54, 1.807) is 25.1 Å². The summed E-state index contributed by atoms with van der Waals surface area (Å²) in [7, 11) is 0. The largest absolute Gasteiger partial charge is 0.463 e. The van der Waals surface area contributed by atoms with Crippen molar-refractivity contribution in [3.05, 3.63) is 133 Å². The van der Waals surface area contributed by atoms with E-state index in [1.165, 1.54) is 42.1 Å². The van der Waals surface area contributed by atoms with Gasteiger partial charge in [-0.2, -0.15) is 0 Å². The van der Waals surface area contributed by atoms with E-state index in [-0.39, 0.29) is 29.2 Å². The summed E-state index contributed by atoms with van der Waals surface area (Å²) >= 11 is 1.24. The molecule has 1 unspecified atom stereocenters. The number of halogens is 1.